The zero-order valence-electron chi connectivity index (χ0n) is 15.8. The fraction of sp³-hybridized carbons (Fsp3) is 0.333. The fourth-order valence-corrected chi connectivity index (χ4v) is 5.23. The average Bonchev–Trinajstić information content (AvgIpc) is 3.38. The molecule has 0 saturated carbocycles. The van der Waals surface area contributed by atoms with Crippen LogP contribution in [0.25, 0.3) is 31.7 Å². The number of fused-ring (bicyclic) bond motifs is 3. The lowest BCUT2D eigenvalue weighted by molar-refractivity contribution is 0.176. The third-order valence-electron chi connectivity index (χ3n) is 5.56. The van der Waals surface area contributed by atoms with E-state index in [4.69, 9.17) is 10.7 Å². The number of hydrogen-bond donors (Lipinski definition) is 2. The Hall–Kier alpha value is -2.48. The first-order valence-electron chi connectivity index (χ1n) is 9.60. The van der Waals surface area contributed by atoms with Crippen molar-refractivity contribution in [2.45, 2.75) is 18.9 Å². The highest BCUT2D eigenvalue weighted by Gasteiger charge is 2.22. The van der Waals surface area contributed by atoms with Gasteiger partial charge in [-0.05, 0) is 18.1 Å². The first kappa shape index (κ1) is 17.6. The Morgan fingerprint density at radius 1 is 1.25 bits per heavy atom. The molecular weight excluding hydrogens is 370 g/mol. The molecule has 1 unspecified atom stereocenters. The number of aliphatic hydroxyl groups excluding tert-OH is 1. The van der Waals surface area contributed by atoms with Gasteiger partial charge in [-0.1, -0.05) is 30.3 Å². The van der Waals surface area contributed by atoms with E-state index in [9.17, 15) is 5.11 Å². The summed E-state index contributed by atoms with van der Waals surface area (Å²) in [7, 11) is 2.06. The minimum atomic E-state index is -0.192. The fourth-order valence-electron chi connectivity index (χ4n) is 4.04. The topological polar surface area (TPSA) is 80.2 Å². The number of pyridine rings is 1. The normalized spacial score (nSPS) is 17.9. The Morgan fingerprint density at radius 2 is 2.07 bits per heavy atom. The summed E-state index contributed by atoms with van der Waals surface area (Å²) >= 11 is 1.74. The van der Waals surface area contributed by atoms with Gasteiger partial charge in [0.2, 0.25) is 0 Å². The number of hydrogen-bond acceptors (Lipinski definition) is 6. The number of aryl methyl sites for hydroxylation is 1. The van der Waals surface area contributed by atoms with E-state index in [2.05, 4.69) is 51.8 Å². The predicted molar refractivity (Wildman–Crippen MR) is 115 cm³/mol. The second-order valence-corrected chi connectivity index (χ2v) is 8.52. The number of nitrogen functional groups attached to an aromatic ring is 1. The van der Waals surface area contributed by atoms with Crippen molar-refractivity contribution in [3.63, 3.8) is 0 Å². The van der Waals surface area contributed by atoms with E-state index in [0.717, 1.165) is 59.6 Å². The van der Waals surface area contributed by atoms with Crippen LogP contribution >= 0.6 is 11.3 Å². The van der Waals surface area contributed by atoms with E-state index in [1.54, 1.807) is 11.3 Å². The molecule has 1 saturated heterocycles. The molecule has 1 fully saturated rings. The Kier molecular flexibility index (Phi) is 4.30. The van der Waals surface area contributed by atoms with Gasteiger partial charge in [0, 0.05) is 38.0 Å². The van der Waals surface area contributed by atoms with Crippen LogP contribution in [0.15, 0.2) is 36.4 Å². The second-order valence-electron chi connectivity index (χ2n) is 7.47. The van der Waals surface area contributed by atoms with E-state index < -0.39 is 0 Å². The number of benzene rings is 1. The van der Waals surface area contributed by atoms with E-state index in [-0.39, 0.29) is 6.10 Å². The molecule has 0 amide bonds. The Morgan fingerprint density at radius 3 is 2.82 bits per heavy atom. The number of nitrogens with two attached hydrogens (primary N) is 1. The van der Waals surface area contributed by atoms with Gasteiger partial charge in [0.1, 0.15) is 11.3 Å². The number of β-amino-alcohol motifs (C(OH)–C–C–N with tert-alkyl or cyclic N) is 1. The Labute approximate surface area is 167 Å². The average molecular weight is 394 g/mol. The molecule has 4 heterocycles. The lowest BCUT2D eigenvalue weighted by atomic mass is 10.2. The van der Waals surface area contributed by atoms with E-state index in [1.807, 2.05) is 6.07 Å². The van der Waals surface area contributed by atoms with Crippen molar-refractivity contribution in [2.24, 2.45) is 7.05 Å². The van der Waals surface area contributed by atoms with Gasteiger partial charge in [0.15, 0.2) is 5.82 Å². The first-order valence-corrected chi connectivity index (χ1v) is 10.4. The van der Waals surface area contributed by atoms with Crippen LogP contribution in [-0.2, 0) is 13.5 Å². The third kappa shape index (κ3) is 2.96. The summed E-state index contributed by atoms with van der Waals surface area (Å²) in [6.45, 7) is 2.60. The molecule has 1 atom stereocenters. The minimum Gasteiger partial charge on any atom is -0.392 e. The van der Waals surface area contributed by atoms with Crippen molar-refractivity contribution in [3.8, 4) is 10.4 Å². The largest absolute Gasteiger partial charge is 0.392 e. The maximum Gasteiger partial charge on any atom is 0.152 e. The van der Waals surface area contributed by atoms with Crippen molar-refractivity contribution in [1.29, 1.82) is 0 Å². The van der Waals surface area contributed by atoms with Crippen molar-refractivity contribution < 1.29 is 5.11 Å². The van der Waals surface area contributed by atoms with Crippen LogP contribution < -0.4 is 5.73 Å². The summed E-state index contributed by atoms with van der Waals surface area (Å²) in [6.07, 6.45) is 1.50. The van der Waals surface area contributed by atoms with Gasteiger partial charge in [0.25, 0.3) is 0 Å². The summed E-state index contributed by atoms with van der Waals surface area (Å²) in [5.74, 6) is 1.49. The minimum absolute atomic E-state index is 0.192. The van der Waals surface area contributed by atoms with Gasteiger partial charge in [-0.25, -0.2) is 9.97 Å². The Bertz CT molecular complexity index is 1150. The number of rotatable bonds is 4. The smallest absolute Gasteiger partial charge is 0.152 e. The van der Waals surface area contributed by atoms with E-state index >= 15 is 0 Å². The molecule has 28 heavy (non-hydrogen) atoms. The highest BCUT2D eigenvalue weighted by atomic mass is 32.1. The first-order chi connectivity index (χ1) is 13.6. The van der Waals surface area contributed by atoms with Gasteiger partial charge >= 0.3 is 0 Å². The molecule has 1 aromatic carbocycles. The highest BCUT2D eigenvalue weighted by molar-refractivity contribution is 7.23. The molecule has 4 aromatic rings. The van der Waals surface area contributed by atoms with Crippen LogP contribution in [0.1, 0.15) is 12.2 Å². The van der Waals surface area contributed by atoms with Gasteiger partial charge in [-0.3, -0.25) is 0 Å². The molecule has 3 aromatic heterocycles. The quantitative estimate of drug-likeness (QED) is 0.557. The van der Waals surface area contributed by atoms with Gasteiger partial charge < -0.3 is 20.3 Å². The molecule has 6 nitrogen and oxygen atoms in total. The SMILES string of the molecule is Cn1c(CCN2CCC(O)C2)nc2c(N)nc3cc(-c4ccccc4)sc3c21. The van der Waals surface area contributed by atoms with Crippen molar-refractivity contribution >= 4 is 38.4 Å². The van der Waals surface area contributed by atoms with Gasteiger partial charge in [-0.15, -0.1) is 11.3 Å². The zero-order chi connectivity index (χ0) is 19.3. The molecule has 0 spiro atoms. The summed E-state index contributed by atoms with van der Waals surface area (Å²) in [5.41, 5.74) is 10.2. The van der Waals surface area contributed by atoms with Crippen molar-refractivity contribution in [1.82, 2.24) is 19.4 Å². The van der Waals surface area contributed by atoms with Gasteiger partial charge in [-0.2, -0.15) is 0 Å². The van der Waals surface area contributed by atoms with Crippen LogP contribution in [0, 0.1) is 0 Å². The highest BCUT2D eigenvalue weighted by Crippen LogP contribution is 2.38. The lowest BCUT2D eigenvalue weighted by Crippen LogP contribution is -2.25. The van der Waals surface area contributed by atoms with Gasteiger partial charge in [0.05, 0.1) is 21.8 Å². The molecule has 0 aliphatic carbocycles. The lowest BCUT2D eigenvalue weighted by Gasteiger charge is -2.14. The summed E-state index contributed by atoms with van der Waals surface area (Å²) < 4.78 is 3.29. The molecule has 5 rings (SSSR count). The number of nitrogens with zero attached hydrogens (tertiary/aromatic N) is 4. The second kappa shape index (κ2) is 6.84. The molecule has 3 N–H and O–H groups in total. The molecule has 7 heteroatoms. The maximum atomic E-state index is 9.73. The number of aliphatic hydroxyl groups is 1. The molecule has 1 aliphatic heterocycles. The van der Waals surface area contributed by atoms with Crippen LogP contribution in [0.5, 0.6) is 0 Å². The molecule has 1 aliphatic rings. The number of imidazole rings is 1. The number of anilines is 1. The summed E-state index contributed by atoms with van der Waals surface area (Å²) in [5, 5.41) is 9.73. The van der Waals surface area contributed by atoms with Crippen LogP contribution in [0.2, 0.25) is 0 Å². The Balaban J connectivity index is 1.55. The number of thiophene rings is 1. The third-order valence-corrected chi connectivity index (χ3v) is 6.74. The monoisotopic (exact) mass is 393 g/mol. The molecule has 0 bridgehead atoms. The zero-order valence-corrected chi connectivity index (χ0v) is 16.6. The summed E-state index contributed by atoms with van der Waals surface area (Å²) in [6, 6.07) is 12.5. The summed E-state index contributed by atoms with van der Waals surface area (Å²) in [4.78, 5) is 12.9. The molecule has 0 radical (unpaired) electrons. The predicted octanol–water partition coefficient (Wildman–Crippen LogP) is 3.04. The number of aromatic nitrogens is 3. The van der Waals surface area contributed by atoms with E-state index in [0.29, 0.717) is 5.82 Å². The van der Waals surface area contributed by atoms with Crippen LogP contribution in [0.4, 0.5) is 5.82 Å². The molecular formula is C21H23N5OS. The van der Waals surface area contributed by atoms with Crippen molar-refractivity contribution in [3.05, 3.63) is 42.2 Å². The van der Waals surface area contributed by atoms with Crippen LogP contribution in [0.3, 0.4) is 0 Å². The number of likely N-dealkylation sites (tertiary alicyclic amines) is 1. The van der Waals surface area contributed by atoms with Crippen LogP contribution in [-0.4, -0.2) is 50.3 Å². The standard InChI is InChI=1S/C21H23N5OS/c1-25-17(8-10-26-9-7-14(27)12-26)24-18-19(25)20-15(23-21(18)22)11-16(28-20)13-5-3-2-4-6-13/h2-6,11,14,27H,7-10,12H2,1H3,(H2,22,23). The van der Waals surface area contributed by atoms with Crippen molar-refractivity contribution in [2.75, 3.05) is 25.4 Å². The maximum absolute atomic E-state index is 9.73. The molecule has 144 valence electrons. The van der Waals surface area contributed by atoms with E-state index in [1.165, 1.54) is 10.4 Å².